The minimum atomic E-state index is -0.390. The molecule has 2 rings (SSSR count). The number of hydrogen-bond acceptors (Lipinski definition) is 4. The van der Waals surface area contributed by atoms with Crippen LogP contribution in [0, 0.1) is 5.41 Å². The molecule has 1 saturated carbocycles. The van der Waals surface area contributed by atoms with E-state index in [0.29, 0.717) is 11.7 Å². The first kappa shape index (κ1) is 11.6. The van der Waals surface area contributed by atoms with E-state index >= 15 is 0 Å². The van der Waals surface area contributed by atoms with Gasteiger partial charge in [0.15, 0.2) is 5.82 Å². The molecule has 0 spiro atoms. The van der Waals surface area contributed by atoms with Gasteiger partial charge < -0.3 is 10.3 Å². The minimum Gasteiger partial charge on any atom is -0.339 e. The van der Waals surface area contributed by atoms with Crippen molar-refractivity contribution in [3.63, 3.8) is 0 Å². The van der Waals surface area contributed by atoms with Gasteiger partial charge in [-0.1, -0.05) is 32.3 Å². The summed E-state index contributed by atoms with van der Waals surface area (Å²) < 4.78 is 5.16. The quantitative estimate of drug-likeness (QED) is 0.836. The molecule has 1 heterocycles. The summed E-state index contributed by atoms with van der Waals surface area (Å²) in [7, 11) is 0. The number of nitrogens with zero attached hydrogens (tertiary/aromatic N) is 2. The van der Waals surface area contributed by atoms with E-state index in [9.17, 15) is 0 Å². The van der Waals surface area contributed by atoms with E-state index in [1.165, 1.54) is 6.42 Å². The van der Waals surface area contributed by atoms with E-state index in [-0.39, 0.29) is 5.41 Å². The summed E-state index contributed by atoms with van der Waals surface area (Å²) in [4.78, 5) is 4.39. The van der Waals surface area contributed by atoms with Crippen molar-refractivity contribution in [3.05, 3.63) is 11.7 Å². The van der Waals surface area contributed by atoms with Crippen molar-refractivity contribution in [2.45, 2.75) is 58.4 Å². The van der Waals surface area contributed by atoms with Crippen LogP contribution in [0.3, 0.4) is 0 Å². The Morgan fingerprint density at radius 3 is 2.69 bits per heavy atom. The van der Waals surface area contributed by atoms with Crippen LogP contribution < -0.4 is 5.73 Å². The molecule has 4 heteroatoms. The number of hydrogen-bond donors (Lipinski definition) is 1. The summed E-state index contributed by atoms with van der Waals surface area (Å²) >= 11 is 0. The second-order valence-corrected chi connectivity index (χ2v) is 5.72. The van der Waals surface area contributed by atoms with Gasteiger partial charge in [0.05, 0.1) is 5.54 Å². The predicted molar refractivity (Wildman–Crippen MR) is 61.8 cm³/mol. The van der Waals surface area contributed by atoms with Crippen molar-refractivity contribution in [2.75, 3.05) is 0 Å². The van der Waals surface area contributed by atoms with Crippen molar-refractivity contribution >= 4 is 0 Å². The van der Waals surface area contributed by atoms with Gasteiger partial charge in [0.1, 0.15) is 0 Å². The van der Waals surface area contributed by atoms with Crippen molar-refractivity contribution in [1.29, 1.82) is 0 Å². The zero-order chi connectivity index (χ0) is 11.8. The fourth-order valence-electron chi connectivity index (χ4n) is 2.70. The summed E-state index contributed by atoms with van der Waals surface area (Å²) in [5.41, 5.74) is 6.33. The summed E-state index contributed by atoms with van der Waals surface area (Å²) in [5.74, 6) is 1.38. The largest absolute Gasteiger partial charge is 0.339 e. The lowest BCUT2D eigenvalue weighted by atomic mass is 9.68. The standard InChI is InChI=1S/C12H21N3O/c1-4-9-14-10(15-16-9)12(13)7-5-6-11(2,3)8-12/h4-8,13H2,1-3H3. The van der Waals surface area contributed by atoms with Gasteiger partial charge in [0.2, 0.25) is 5.89 Å². The maximum Gasteiger partial charge on any atom is 0.226 e. The van der Waals surface area contributed by atoms with Gasteiger partial charge in [-0.25, -0.2) is 0 Å². The van der Waals surface area contributed by atoms with Crippen LogP contribution >= 0.6 is 0 Å². The molecule has 0 bridgehead atoms. The smallest absolute Gasteiger partial charge is 0.226 e. The zero-order valence-electron chi connectivity index (χ0n) is 10.4. The van der Waals surface area contributed by atoms with Crippen molar-refractivity contribution in [3.8, 4) is 0 Å². The molecule has 0 radical (unpaired) electrons. The fraction of sp³-hybridized carbons (Fsp3) is 0.833. The first-order valence-corrected chi connectivity index (χ1v) is 6.07. The molecular formula is C12H21N3O. The van der Waals surface area contributed by atoms with Crippen LogP contribution in [-0.2, 0) is 12.0 Å². The van der Waals surface area contributed by atoms with Crippen LogP contribution in [0.5, 0.6) is 0 Å². The van der Waals surface area contributed by atoms with Gasteiger partial charge in [-0.15, -0.1) is 0 Å². The van der Waals surface area contributed by atoms with E-state index < -0.39 is 5.54 Å². The summed E-state index contributed by atoms with van der Waals surface area (Å²) in [6.45, 7) is 6.52. The Labute approximate surface area is 96.6 Å². The molecule has 1 fully saturated rings. The summed E-state index contributed by atoms with van der Waals surface area (Å²) in [6.07, 6.45) is 5.03. The van der Waals surface area contributed by atoms with Crippen LogP contribution in [0.2, 0.25) is 0 Å². The average molecular weight is 223 g/mol. The third-order valence-electron chi connectivity index (χ3n) is 3.49. The molecule has 1 aliphatic carbocycles. The highest BCUT2D eigenvalue weighted by Gasteiger charge is 2.41. The Balaban J connectivity index is 2.24. The van der Waals surface area contributed by atoms with Gasteiger partial charge in [0, 0.05) is 6.42 Å². The van der Waals surface area contributed by atoms with E-state index in [2.05, 4.69) is 24.0 Å². The Morgan fingerprint density at radius 2 is 2.12 bits per heavy atom. The third kappa shape index (κ3) is 2.12. The van der Waals surface area contributed by atoms with Crippen LogP contribution in [0.1, 0.15) is 58.2 Å². The van der Waals surface area contributed by atoms with E-state index in [1.807, 2.05) is 6.92 Å². The Morgan fingerprint density at radius 1 is 1.38 bits per heavy atom. The van der Waals surface area contributed by atoms with E-state index in [0.717, 1.165) is 25.7 Å². The summed E-state index contributed by atoms with van der Waals surface area (Å²) in [5, 5.41) is 4.04. The lowest BCUT2D eigenvalue weighted by Gasteiger charge is -2.40. The molecule has 1 aromatic heterocycles. The monoisotopic (exact) mass is 223 g/mol. The topological polar surface area (TPSA) is 64.9 Å². The highest BCUT2D eigenvalue weighted by molar-refractivity contribution is 5.07. The second-order valence-electron chi connectivity index (χ2n) is 5.72. The number of rotatable bonds is 2. The van der Waals surface area contributed by atoms with Gasteiger partial charge in [-0.2, -0.15) is 4.98 Å². The van der Waals surface area contributed by atoms with Crippen LogP contribution in [0.15, 0.2) is 4.52 Å². The van der Waals surface area contributed by atoms with Gasteiger partial charge in [0.25, 0.3) is 0 Å². The second kappa shape index (κ2) is 3.84. The molecule has 0 saturated heterocycles. The average Bonchev–Trinajstić information content (AvgIpc) is 2.64. The van der Waals surface area contributed by atoms with Gasteiger partial charge in [-0.3, -0.25) is 0 Å². The number of aromatic nitrogens is 2. The molecule has 0 aromatic carbocycles. The Kier molecular flexibility index (Phi) is 2.78. The molecule has 1 unspecified atom stereocenters. The maximum atomic E-state index is 6.44. The van der Waals surface area contributed by atoms with Crippen molar-refractivity contribution < 1.29 is 4.52 Å². The molecule has 1 aromatic rings. The fourth-order valence-corrected chi connectivity index (χ4v) is 2.70. The maximum absolute atomic E-state index is 6.44. The highest BCUT2D eigenvalue weighted by Crippen LogP contribution is 2.43. The molecule has 0 aliphatic heterocycles. The van der Waals surface area contributed by atoms with E-state index in [4.69, 9.17) is 10.3 Å². The van der Waals surface area contributed by atoms with Crippen molar-refractivity contribution in [1.82, 2.24) is 10.1 Å². The highest BCUT2D eigenvalue weighted by atomic mass is 16.5. The van der Waals surface area contributed by atoms with Crippen LogP contribution in [0.4, 0.5) is 0 Å². The first-order valence-electron chi connectivity index (χ1n) is 6.07. The molecule has 16 heavy (non-hydrogen) atoms. The predicted octanol–water partition coefficient (Wildman–Crippen LogP) is 2.39. The zero-order valence-corrected chi connectivity index (χ0v) is 10.4. The van der Waals surface area contributed by atoms with Crippen molar-refractivity contribution in [2.24, 2.45) is 11.1 Å². The summed E-state index contributed by atoms with van der Waals surface area (Å²) in [6, 6.07) is 0. The third-order valence-corrected chi connectivity index (χ3v) is 3.49. The van der Waals surface area contributed by atoms with Gasteiger partial charge >= 0.3 is 0 Å². The van der Waals surface area contributed by atoms with Gasteiger partial charge in [-0.05, 0) is 24.7 Å². The van der Waals surface area contributed by atoms with E-state index in [1.54, 1.807) is 0 Å². The lowest BCUT2D eigenvalue weighted by Crippen LogP contribution is -2.45. The molecule has 1 aliphatic rings. The molecular weight excluding hydrogens is 202 g/mol. The number of aryl methyl sites for hydroxylation is 1. The lowest BCUT2D eigenvalue weighted by molar-refractivity contribution is 0.142. The molecule has 4 nitrogen and oxygen atoms in total. The molecule has 2 N–H and O–H groups in total. The first-order chi connectivity index (χ1) is 7.45. The normalized spacial score (nSPS) is 29.2. The van der Waals surface area contributed by atoms with Crippen LogP contribution in [-0.4, -0.2) is 10.1 Å². The SMILES string of the molecule is CCc1nc(C2(N)CCCC(C)(C)C2)no1. The number of nitrogens with two attached hydrogens (primary N) is 1. The molecule has 90 valence electrons. The Bertz CT molecular complexity index is 372. The Hall–Kier alpha value is -0.900. The molecule has 0 amide bonds. The minimum absolute atomic E-state index is 0.278. The molecule has 1 atom stereocenters. The van der Waals surface area contributed by atoms with Crippen LogP contribution in [0.25, 0.3) is 0 Å².